The minimum atomic E-state index is -0.202. The molecule has 0 saturated carbocycles. The second-order valence-electron chi connectivity index (χ2n) is 7.43. The van der Waals surface area contributed by atoms with Gasteiger partial charge in [-0.25, -0.2) is 9.37 Å². The van der Waals surface area contributed by atoms with Gasteiger partial charge in [0.2, 0.25) is 5.91 Å². The van der Waals surface area contributed by atoms with E-state index in [0.717, 1.165) is 48.6 Å². The quantitative estimate of drug-likeness (QED) is 0.534. The number of hydrogen-bond acceptors (Lipinski definition) is 4. The molecule has 2 aromatic carbocycles. The summed E-state index contributed by atoms with van der Waals surface area (Å²) < 4.78 is 13.1. The fraction of sp³-hybridized carbons (Fsp3) is 0.250. The van der Waals surface area contributed by atoms with Gasteiger partial charge >= 0.3 is 0 Å². The molecule has 1 aliphatic heterocycles. The second-order valence-corrected chi connectivity index (χ2v) is 8.52. The van der Waals surface area contributed by atoms with Gasteiger partial charge in [0.1, 0.15) is 5.82 Å². The lowest BCUT2D eigenvalue weighted by Gasteiger charge is -2.27. The van der Waals surface area contributed by atoms with E-state index in [4.69, 9.17) is 0 Å². The molecule has 1 saturated heterocycles. The van der Waals surface area contributed by atoms with Crippen molar-refractivity contribution in [1.29, 1.82) is 0 Å². The molecule has 0 atom stereocenters. The van der Waals surface area contributed by atoms with Crippen LogP contribution in [-0.4, -0.2) is 28.9 Å². The second kappa shape index (κ2) is 9.32. The van der Waals surface area contributed by atoms with Crippen LogP contribution in [0.15, 0.2) is 66.4 Å². The van der Waals surface area contributed by atoms with Crippen LogP contribution in [0.1, 0.15) is 30.2 Å². The third-order valence-corrected chi connectivity index (χ3v) is 6.15. The van der Waals surface area contributed by atoms with Gasteiger partial charge in [0.25, 0.3) is 0 Å². The van der Waals surface area contributed by atoms with Crippen LogP contribution in [-0.2, 0) is 11.3 Å². The number of halogens is 1. The number of nitrogens with zero attached hydrogens (tertiary/aromatic N) is 3. The van der Waals surface area contributed by atoms with Crippen molar-refractivity contribution in [2.75, 3.05) is 18.0 Å². The summed E-state index contributed by atoms with van der Waals surface area (Å²) in [6.07, 6.45) is 6.06. The highest BCUT2D eigenvalue weighted by molar-refractivity contribution is 7.15. The van der Waals surface area contributed by atoms with E-state index in [1.54, 1.807) is 23.2 Å². The van der Waals surface area contributed by atoms with Gasteiger partial charge in [-0.1, -0.05) is 53.3 Å². The molecule has 30 heavy (non-hydrogen) atoms. The van der Waals surface area contributed by atoms with Crippen molar-refractivity contribution in [3.8, 4) is 0 Å². The largest absolute Gasteiger partial charge is 0.298 e. The van der Waals surface area contributed by atoms with Crippen molar-refractivity contribution in [2.45, 2.75) is 26.3 Å². The number of benzene rings is 2. The highest BCUT2D eigenvalue weighted by Gasteiger charge is 2.20. The van der Waals surface area contributed by atoms with Crippen molar-refractivity contribution in [2.24, 2.45) is 0 Å². The van der Waals surface area contributed by atoms with E-state index >= 15 is 0 Å². The zero-order valence-electron chi connectivity index (χ0n) is 16.9. The van der Waals surface area contributed by atoms with E-state index in [2.05, 4.69) is 16.0 Å². The number of piperidine rings is 1. The lowest BCUT2D eigenvalue weighted by atomic mass is 10.0. The molecule has 4 rings (SSSR count). The molecular weight excluding hydrogens is 397 g/mol. The number of carbonyl (C=O) groups is 1. The maximum absolute atomic E-state index is 13.1. The third kappa shape index (κ3) is 5.01. The first-order valence-electron chi connectivity index (χ1n) is 10.1. The van der Waals surface area contributed by atoms with E-state index in [9.17, 15) is 9.18 Å². The monoisotopic (exact) mass is 421 g/mol. The molecule has 0 unspecified atom stereocenters. The molecule has 1 amide bonds. The molecule has 3 aromatic rings. The number of carbonyl (C=O) groups excluding carboxylic acids is 1. The molecular formula is C24H24FN3OS. The number of thiazole rings is 1. The number of anilines is 2. The van der Waals surface area contributed by atoms with Crippen molar-refractivity contribution >= 4 is 34.1 Å². The Labute approximate surface area is 180 Å². The van der Waals surface area contributed by atoms with E-state index in [-0.39, 0.29) is 11.7 Å². The van der Waals surface area contributed by atoms with Crippen LogP contribution in [0.25, 0.3) is 6.08 Å². The Kier molecular flexibility index (Phi) is 6.35. The fourth-order valence-electron chi connectivity index (χ4n) is 3.64. The first-order valence-corrected chi connectivity index (χ1v) is 10.9. The van der Waals surface area contributed by atoms with Gasteiger partial charge < -0.3 is 0 Å². The molecule has 1 aliphatic rings. The van der Waals surface area contributed by atoms with Gasteiger partial charge in [-0.05, 0) is 42.7 Å². The number of rotatable bonds is 5. The van der Waals surface area contributed by atoms with Crippen LogP contribution >= 0.6 is 11.3 Å². The third-order valence-electron chi connectivity index (χ3n) is 5.18. The Morgan fingerprint density at radius 1 is 1.13 bits per heavy atom. The normalized spacial score (nSPS) is 14.5. The zero-order chi connectivity index (χ0) is 20.9. The Bertz CT molecular complexity index is 1020. The summed E-state index contributed by atoms with van der Waals surface area (Å²) in [5, 5.41) is 0.706. The molecule has 0 aliphatic carbocycles. The van der Waals surface area contributed by atoms with Crippen LogP contribution in [0, 0.1) is 5.82 Å². The molecule has 6 heteroatoms. The van der Waals surface area contributed by atoms with Crippen molar-refractivity contribution in [1.82, 2.24) is 9.88 Å². The molecule has 0 radical (unpaired) electrons. The van der Waals surface area contributed by atoms with Crippen LogP contribution in [0.5, 0.6) is 0 Å². The maximum Gasteiger partial charge on any atom is 0.230 e. The molecule has 1 aromatic heterocycles. The molecule has 0 bridgehead atoms. The van der Waals surface area contributed by atoms with Gasteiger partial charge in [0, 0.05) is 37.6 Å². The summed E-state index contributed by atoms with van der Waals surface area (Å²) in [4.78, 5) is 21.9. The predicted molar refractivity (Wildman–Crippen MR) is 120 cm³/mol. The average Bonchev–Trinajstić information content (AvgIpc) is 3.19. The van der Waals surface area contributed by atoms with Crippen LogP contribution < -0.4 is 4.90 Å². The Hall–Kier alpha value is -2.83. The number of aromatic nitrogens is 1. The standard InChI is InChI=1S/C24H24FN3OS/c1-18(29)28(22-5-3-2-4-6-22)24-26-16-23(30-24)17-27-13-11-20(12-14-27)15-19-7-9-21(25)10-8-19/h2-10,15-16H,11-14,17H2,1H3. The summed E-state index contributed by atoms with van der Waals surface area (Å²) >= 11 is 1.56. The smallest absolute Gasteiger partial charge is 0.230 e. The SMILES string of the molecule is CC(=O)N(c1ccccc1)c1ncc(CN2CCC(=Cc3ccc(F)cc3)CC2)s1. The Morgan fingerprint density at radius 2 is 1.83 bits per heavy atom. The molecule has 1 fully saturated rings. The Balaban J connectivity index is 1.38. The first-order chi connectivity index (χ1) is 14.6. The number of hydrogen-bond donors (Lipinski definition) is 0. The number of para-hydroxylation sites is 1. The number of amides is 1. The topological polar surface area (TPSA) is 36.4 Å². The van der Waals surface area contributed by atoms with Crippen molar-refractivity contribution < 1.29 is 9.18 Å². The zero-order valence-corrected chi connectivity index (χ0v) is 17.7. The highest BCUT2D eigenvalue weighted by Crippen LogP contribution is 2.31. The fourth-order valence-corrected chi connectivity index (χ4v) is 4.65. The van der Waals surface area contributed by atoms with Gasteiger partial charge in [-0.15, -0.1) is 0 Å². The minimum absolute atomic E-state index is 0.0457. The van der Waals surface area contributed by atoms with Crippen molar-refractivity contribution in [3.63, 3.8) is 0 Å². The lowest BCUT2D eigenvalue weighted by Crippen LogP contribution is -2.29. The summed E-state index contributed by atoms with van der Waals surface area (Å²) in [7, 11) is 0. The van der Waals surface area contributed by atoms with Gasteiger partial charge in [0.05, 0.1) is 5.69 Å². The van der Waals surface area contributed by atoms with Gasteiger partial charge in [-0.2, -0.15) is 0 Å². The van der Waals surface area contributed by atoms with Crippen LogP contribution in [0.4, 0.5) is 15.2 Å². The molecule has 0 spiro atoms. The van der Waals surface area contributed by atoms with Crippen LogP contribution in [0.3, 0.4) is 0 Å². The molecule has 0 N–H and O–H groups in total. The van der Waals surface area contributed by atoms with Gasteiger partial charge in [-0.3, -0.25) is 14.6 Å². The highest BCUT2D eigenvalue weighted by atomic mass is 32.1. The first kappa shape index (κ1) is 20.4. The van der Waals surface area contributed by atoms with Gasteiger partial charge in [0.15, 0.2) is 5.13 Å². The predicted octanol–water partition coefficient (Wildman–Crippen LogP) is 5.65. The lowest BCUT2D eigenvalue weighted by molar-refractivity contribution is -0.115. The summed E-state index contributed by atoms with van der Waals surface area (Å²) in [6.45, 7) is 4.36. The maximum atomic E-state index is 13.1. The van der Waals surface area contributed by atoms with E-state index in [1.165, 1.54) is 17.7 Å². The summed E-state index contributed by atoms with van der Waals surface area (Å²) in [5.41, 5.74) is 3.28. The van der Waals surface area contributed by atoms with E-state index in [0.29, 0.717) is 5.13 Å². The number of likely N-dealkylation sites (tertiary alicyclic amines) is 1. The average molecular weight is 422 g/mol. The van der Waals surface area contributed by atoms with E-state index < -0.39 is 0 Å². The summed E-state index contributed by atoms with van der Waals surface area (Å²) in [5.74, 6) is -0.248. The molecule has 2 heterocycles. The van der Waals surface area contributed by atoms with Crippen LogP contribution in [0.2, 0.25) is 0 Å². The Morgan fingerprint density at radius 3 is 2.50 bits per heavy atom. The van der Waals surface area contributed by atoms with E-state index in [1.807, 2.05) is 48.7 Å². The molecule has 154 valence electrons. The minimum Gasteiger partial charge on any atom is -0.298 e. The van der Waals surface area contributed by atoms with Crippen molar-refractivity contribution in [3.05, 3.63) is 82.6 Å². The molecule has 4 nitrogen and oxygen atoms in total. The summed E-state index contributed by atoms with van der Waals surface area (Å²) in [6, 6.07) is 16.3.